The largest absolute Gasteiger partial charge is 0.490 e. The molecule has 1 heterocycles. The smallest absolute Gasteiger partial charge is 0.260 e. The summed E-state index contributed by atoms with van der Waals surface area (Å²) in [5, 5.41) is 2.74. The molecule has 1 atom stereocenters. The number of halogens is 2. The van der Waals surface area contributed by atoms with Gasteiger partial charge >= 0.3 is 0 Å². The van der Waals surface area contributed by atoms with Crippen molar-refractivity contribution in [2.75, 3.05) is 39.5 Å². The van der Waals surface area contributed by atoms with E-state index in [1.165, 1.54) is 12.1 Å². The summed E-state index contributed by atoms with van der Waals surface area (Å²) >= 11 is 0. The van der Waals surface area contributed by atoms with Crippen LogP contribution in [0.5, 0.6) is 11.5 Å². The minimum Gasteiger partial charge on any atom is -0.490 e. The molecule has 9 heteroatoms. The Hall–Kier alpha value is -3.20. The number of hydrogen-bond acceptors (Lipinski definition) is 5. The van der Waals surface area contributed by atoms with Crippen molar-refractivity contribution < 1.29 is 32.6 Å². The highest BCUT2D eigenvalue weighted by Crippen LogP contribution is 2.29. The Bertz CT molecular complexity index is 963. The highest BCUT2D eigenvalue weighted by molar-refractivity contribution is 5.95. The Morgan fingerprint density at radius 1 is 1.06 bits per heavy atom. The van der Waals surface area contributed by atoms with Crippen molar-refractivity contribution in [3.63, 3.8) is 0 Å². The first kappa shape index (κ1) is 23.5. The van der Waals surface area contributed by atoms with E-state index in [0.29, 0.717) is 55.5 Å². The standard InChI is InChI=1S/C23H26F2N2O5/c1-3-31-21-13-17(23(29)26-15(2)16-4-6-18(24)19(25)12-16)5-7-20(21)32-14-22(28)27-8-10-30-11-9-27/h4-7,12-13,15H,3,8-11,14H2,1-2H3,(H,26,29). The summed E-state index contributed by atoms with van der Waals surface area (Å²) in [7, 11) is 0. The molecule has 1 fully saturated rings. The lowest BCUT2D eigenvalue weighted by molar-refractivity contribution is -0.137. The van der Waals surface area contributed by atoms with Crippen LogP contribution >= 0.6 is 0 Å². The highest BCUT2D eigenvalue weighted by atomic mass is 19.2. The van der Waals surface area contributed by atoms with Gasteiger partial charge in [0.05, 0.1) is 25.9 Å². The number of rotatable bonds is 8. The van der Waals surface area contributed by atoms with E-state index in [1.54, 1.807) is 30.9 Å². The lowest BCUT2D eigenvalue weighted by atomic mass is 10.1. The molecule has 2 amide bonds. The van der Waals surface area contributed by atoms with Crippen LogP contribution in [-0.4, -0.2) is 56.2 Å². The number of nitrogens with one attached hydrogen (secondary N) is 1. The first-order valence-electron chi connectivity index (χ1n) is 10.4. The maximum atomic E-state index is 13.5. The molecule has 2 aromatic rings. The summed E-state index contributed by atoms with van der Waals surface area (Å²) in [5.41, 5.74) is 0.735. The third-order valence-electron chi connectivity index (χ3n) is 5.01. The molecule has 0 bridgehead atoms. The molecule has 1 saturated heterocycles. The van der Waals surface area contributed by atoms with Gasteiger partial charge in [-0.2, -0.15) is 0 Å². The minimum absolute atomic E-state index is 0.154. The second-order valence-corrected chi connectivity index (χ2v) is 7.25. The maximum Gasteiger partial charge on any atom is 0.260 e. The molecule has 0 aliphatic carbocycles. The number of carbonyl (C=O) groups excluding carboxylic acids is 2. The van der Waals surface area contributed by atoms with E-state index >= 15 is 0 Å². The van der Waals surface area contributed by atoms with E-state index in [-0.39, 0.29) is 12.5 Å². The van der Waals surface area contributed by atoms with Crippen LogP contribution in [0.3, 0.4) is 0 Å². The fourth-order valence-electron chi connectivity index (χ4n) is 3.23. The summed E-state index contributed by atoms with van der Waals surface area (Å²) in [4.78, 5) is 26.7. The van der Waals surface area contributed by atoms with Crippen LogP contribution in [0.4, 0.5) is 8.78 Å². The Balaban J connectivity index is 1.66. The van der Waals surface area contributed by atoms with Gasteiger partial charge in [0.25, 0.3) is 11.8 Å². The number of carbonyl (C=O) groups is 2. The fourth-order valence-corrected chi connectivity index (χ4v) is 3.23. The summed E-state index contributed by atoms with van der Waals surface area (Å²) < 4.78 is 43.1. The van der Waals surface area contributed by atoms with Crippen LogP contribution in [-0.2, 0) is 9.53 Å². The topological polar surface area (TPSA) is 77.1 Å². The van der Waals surface area contributed by atoms with Gasteiger partial charge < -0.3 is 24.4 Å². The monoisotopic (exact) mass is 448 g/mol. The van der Waals surface area contributed by atoms with Gasteiger partial charge in [0, 0.05) is 18.7 Å². The Labute approximate surface area is 185 Å². The quantitative estimate of drug-likeness (QED) is 0.672. The Kier molecular flexibility index (Phi) is 7.99. The lowest BCUT2D eigenvalue weighted by Gasteiger charge is -2.26. The molecule has 1 aliphatic heterocycles. The normalized spacial score (nSPS) is 14.6. The molecule has 0 saturated carbocycles. The van der Waals surface area contributed by atoms with Crippen molar-refractivity contribution in [3.05, 3.63) is 59.2 Å². The zero-order valence-electron chi connectivity index (χ0n) is 18.0. The molecular formula is C23H26F2N2O5. The number of ether oxygens (including phenoxy) is 3. The van der Waals surface area contributed by atoms with E-state index in [4.69, 9.17) is 14.2 Å². The maximum absolute atomic E-state index is 13.5. The van der Waals surface area contributed by atoms with E-state index < -0.39 is 23.6 Å². The molecule has 0 spiro atoms. The van der Waals surface area contributed by atoms with Crippen LogP contribution < -0.4 is 14.8 Å². The van der Waals surface area contributed by atoms with Crippen molar-refractivity contribution >= 4 is 11.8 Å². The predicted octanol–water partition coefficient (Wildman–Crippen LogP) is 3.09. The van der Waals surface area contributed by atoms with E-state index in [1.807, 2.05) is 0 Å². The fraction of sp³-hybridized carbons (Fsp3) is 0.391. The first-order chi connectivity index (χ1) is 15.4. The molecule has 1 aliphatic rings. The van der Waals surface area contributed by atoms with E-state index in [9.17, 15) is 18.4 Å². The molecule has 3 rings (SSSR count). The molecule has 0 radical (unpaired) electrons. The lowest BCUT2D eigenvalue weighted by Crippen LogP contribution is -2.43. The highest BCUT2D eigenvalue weighted by Gasteiger charge is 2.19. The van der Waals surface area contributed by atoms with Gasteiger partial charge in [-0.15, -0.1) is 0 Å². The van der Waals surface area contributed by atoms with Crippen molar-refractivity contribution in [3.8, 4) is 11.5 Å². The number of nitrogens with zero attached hydrogens (tertiary/aromatic N) is 1. The second kappa shape index (κ2) is 10.9. The Morgan fingerprint density at radius 2 is 1.81 bits per heavy atom. The number of morpholine rings is 1. The predicted molar refractivity (Wildman–Crippen MR) is 113 cm³/mol. The van der Waals surface area contributed by atoms with Gasteiger partial charge in [-0.1, -0.05) is 6.07 Å². The minimum atomic E-state index is -0.977. The molecule has 172 valence electrons. The van der Waals surface area contributed by atoms with Crippen LogP contribution in [0, 0.1) is 11.6 Å². The number of hydrogen-bond donors (Lipinski definition) is 1. The second-order valence-electron chi connectivity index (χ2n) is 7.25. The summed E-state index contributed by atoms with van der Waals surface area (Å²) in [6, 6.07) is 7.57. The molecular weight excluding hydrogens is 422 g/mol. The van der Waals surface area contributed by atoms with Gasteiger partial charge in [0.1, 0.15) is 0 Å². The SMILES string of the molecule is CCOc1cc(C(=O)NC(C)c2ccc(F)c(F)c2)ccc1OCC(=O)N1CCOCC1. The summed E-state index contributed by atoms with van der Waals surface area (Å²) in [5.74, 6) is -1.82. The van der Waals surface area contributed by atoms with Gasteiger partial charge in [-0.05, 0) is 49.7 Å². The summed E-state index contributed by atoms with van der Waals surface area (Å²) in [6.45, 7) is 5.70. The van der Waals surface area contributed by atoms with Crippen LogP contribution in [0.15, 0.2) is 36.4 Å². The zero-order valence-corrected chi connectivity index (χ0v) is 18.0. The van der Waals surface area contributed by atoms with Crippen molar-refractivity contribution in [1.82, 2.24) is 10.2 Å². The first-order valence-corrected chi connectivity index (χ1v) is 10.4. The average molecular weight is 448 g/mol. The number of benzene rings is 2. The van der Waals surface area contributed by atoms with Crippen molar-refractivity contribution in [2.45, 2.75) is 19.9 Å². The third-order valence-corrected chi connectivity index (χ3v) is 5.01. The van der Waals surface area contributed by atoms with Crippen LogP contribution in [0.25, 0.3) is 0 Å². The molecule has 2 aromatic carbocycles. The zero-order chi connectivity index (χ0) is 23.1. The van der Waals surface area contributed by atoms with Crippen LogP contribution in [0.2, 0.25) is 0 Å². The average Bonchev–Trinajstić information content (AvgIpc) is 2.80. The van der Waals surface area contributed by atoms with Gasteiger partial charge in [-0.25, -0.2) is 8.78 Å². The van der Waals surface area contributed by atoms with E-state index in [2.05, 4.69) is 5.32 Å². The van der Waals surface area contributed by atoms with E-state index in [0.717, 1.165) is 12.1 Å². The summed E-state index contributed by atoms with van der Waals surface area (Å²) in [6.07, 6.45) is 0. The Morgan fingerprint density at radius 3 is 2.50 bits per heavy atom. The molecule has 7 nitrogen and oxygen atoms in total. The van der Waals surface area contributed by atoms with Crippen LogP contribution in [0.1, 0.15) is 35.8 Å². The van der Waals surface area contributed by atoms with Crippen molar-refractivity contribution in [2.24, 2.45) is 0 Å². The van der Waals surface area contributed by atoms with Gasteiger partial charge in [0.2, 0.25) is 0 Å². The van der Waals surface area contributed by atoms with Gasteiger partial charge in [-0.3, -0.25) is 9.59 Å². The van der Waals surface area contributed by atoms with Gasteiger partial charge in [0.15, 0.2) is 29.7 Å². The molecule has 32 heavy (non-hydrogen) atoms. The van der Waals surface area contributed by atoms with Crippen molar-refractivity contribution in [1.29, 1.82) is 0 Å². The third kappa shape index (κ3) is 5.94. The molecule has 1 unspecified atom stereocenters. The molecule has 1 N–H and O–H groups in total. The molecule has 0 aromatic heterocycles. The number of amides is 2.